The third-order valence-corrected chi connectivity index (χ3v) is 4.89. The number of amides is 2. The molecule has 0 aliphatic carbocycles. The van der Waals surface area contributed by atoms with Crippen LogP contribution >= 0.6 is 11.3 Å². The molecule has 0 bridgehead atoms. The van der Waals surface area contributed by atoms with E-state index < -0.39 is 5.91 Å². The van der Waals surface area contributed by atoms with Gasteiger partial charge in [-0.2, -0.15) is 0 Å². The van der Waals surface area contributed by atoms with E-state index in [0.717, 1.165) is 17.7 Å². The van der Waals surface area contributed by atoms with Crippen LogP contribution in [0.5, 0.6) is 11.5 Å². The number of carbonyl (C=O) groups is 2. The molecule has 0 aliphatic heterocycles. The third-order valence-electron chi connectivity index (χ3n) is 4.07. The lowest BCUT2D eigenvalue weighted by molar-refractivity contribution is -0.118. The zero-order chi connectivity index (χ0) is 20.5. The molecular formula is C21H26N2O4S. The molecule has 2 aromatic rings. The lowest BCUT2D eigenvalue weighted by Gasteiger charge is -2.16. The first-order chi connectivity index (χ1) is 13.5. The van der Waals surface area contributed by atoms with Crippen LogP contribution < -0.4 is 20.1 Å². The quantitative estimate of drug-likeness (QED) is 0.625. The Morgan fingerprint density at radius 1 is 1.18 bits per heavy atom. The van der Waals surface area contributed by atoms with Crippen molar-refractivity contribution in [1.29, 1.82) is 0 Å². The maximum Gasteiger partial charge on any atom is 0.268 e. The SMILES string of the molecule is CCC[C@@H](C)NC(=O)/C(=C/c1cccs1)NC(=O)c1ccc(OC)c(OC)c1. The highest BCUT2D eigenvalue weighted by atomic mass is 32.1. The summed E-state index contributed by atoms with van der Waals surface area (Å²) < 4.78 is 10.4. The molecule has 150 valence electrons. The number of hydrogen-bond acceptors (Lipinski definition) is 5. The third kappa shape index (κ3) is 5.85. The van der Waals surface area contributed by atoms with Gasteiger partial charge in [-0.3, -0.25) is 9.59 Å². The Kier molecular flexibility index (Phi) is 8.07. The van der Waals surface area contributed by atoms with E-state index in [0.29, 0.717) is 17.1 Å². The lowest BCUT2D eigenvalue weighted by atomic mass is 10.1. The molecule has 0 radical (unpaired) electrons. The van der Waals surface area contributed by atoms with Gasteiger partial charge in [-0.15, -0.1) is 11.3 Å². The van der Waals surface area contributed by atoms with E-state index in [-0.39, 0.29) is 17.6 Å². The van der Waals surface area contributed by atoms with Crippen LogP contribution in [-0.4, -0.2) is 32.1 Å². The van der Waals surface area contributed by atoms with Crippen molar-refractivity contribution in [3.8, 4) is 11.5 Å². The fraction of sp³-hybridized carbons (Fsp3) is 0.333. The smallest absolute Gasteiger partial charge is 0.268 e. The highest BCUT2D eigenvalue weighted by molar-refractivity contribution is 7.10. The number of benzene rings is 1. The van der Waals surface area contributed by atoms with Gasteiger partial charge in [0, 0.05) is 16.5 Å². The molecule has 6 nitrogen and oxygen atoms in total. The summed E-state index contributed by atoms with van der Waals surface area (Å²) in [5, 5.41) is 7.57. The number of carbonyl (C=O) groups excluding carboxylic acids is 2. The summed E-state index contributed by atoms with van der Waals surface area (Å²) in [6.45, 7) is 4.00. The molecule has 2 N–H and O–H groups in total. The minimum absolute atomic E-state index is 0.0159. The minimum Gasteiger partial charge on any atom is -0.493 e. The molecule has 0 unspecified atom stereocenters. The highest BCUT2D eigenvalue weighted by Gasteiger charge is 2.18. The molecule has 1 aromatic heterocycles. The summed E-state index contributed by atoms with van der Waals surface area (Å²) >= 11 is 1.49. The zero-order valence-corrected chi connectivity index (χ0v) is 17.4. The molecule has 2 rings (SSSR count). The van der Waals surface area contributed by atoms with Gasteiger partial charge in [0.2, 0.25) is 0 Å². The van der Waals surface area contributed by atoms with Crippen molar-refractivity contribution in [2.24, 2.45) is 0 Å². The van der Waals surface area contributed by atoms with Crippen molar-refractivity contribution < 1.29 is 19.1 Å². The Morgan fingerprint density at radius 2 is 1.93 bits per heavy atom. The fourth-order valence-corrected chi connectivity index (χ4v) is 3.31. The van der Waals surface area contributed by atoms with Crippen LogP contribution in [0.1, 0.15) is 41.9 Å². The Morgan fingerprint density at radius 3 is 2.54 bits per heavy atom. The first-order valence-electron chi connectivity index (χ1n) is 9.07. The average Bonchev–Trinajstić information content (AvgIpc) is 3.20. The molecular weight excluding hydrogens is 376 g/mol. The molecule has 28 heavy (non-hydrogen) atoms. The second-order valence-corrected chi connectivity index (χ2v) is 7.24. The van der Waals surface area contributed by atoms with Gasteiger partial charge in [0.15, 0.2) is 11.5 Å². The van der Waals surface area contributed by atoms with Crippen molar-refractivity contribution in [2.45, 2.75) is 32.7 Å². The van der Waals surface area contributed by atoms with E-state index in [1.165, 1.54) is 25.6 Å². The van der Waals surface area contributed by atoms with Gasteiger partial charge >= 0.3 is 0 Å². The second kappa shape index (κ2) is 10.5. The Balaban J connectivity index is 2.24. The van der Waals surface area contributed by atoms with Crippen LogP contribution in [0.3, 0.4) is 0 Å². The van der Waals surface area contributed by atoms with Crippen molar-refractivity contribution in [3.05, 3.63) is 51.8 Å². The summed E-state index contributed by atoms with van der Waals surface area (Å²) in [6, 6.07) is 8.64. The maximum atomic E-state index is 12.7. The van der Waals surface area contributed by atoms with Crippen LogP contribution in [0.4, 0.5) is 0 Å². The van der Waals surface area contributed by atoms with Crippen molar-refractivity contribution in [2.75, 3.05) is 14.2 Å². The van der Waals surface area contributed by atoms with Gasteiger partial charge in [-0.05, 0) is 49.1 Å². The number of hydrogen-bond donors (Lipinski definition) is 2. The minimum atomic E-state index is -0.401. The predicted octanol–water partition coefficient (Wildman–Crippen LogP) is 3.84. The summed E-state index contributed by atoms with van der Waals surface area (Å²) in [6.07, 6.45) is 3.50. The summed E-state index contributed by atoms with van der Waals surface area (Å²) in [5.74, 6) is 0.254. The predicted molar refractivity (Wildman–Crippen MR) is 112 cm³/mol. The van der Waals surface area contributed by atoms with Crippen LogP contribution in [0.25, 0.3) is 6.08 Å². The van der Waals surface area contributed by atoms with Gasteiger partial charge in [-0.1, -0.05) is 19.4 Å². The fourth-order valence-electron chi connectivity index (χ4n) is 2.65. The molecule has 1 aromatic carbocycles. The second-order valence-electron chi connectivity index (χ2n) is 6.26. The highest BCUT2D eigenvalue weighted by Crippen LogP contribution is 2.27. The molecule has 7 heteroatoms. The molecule has 1 atom stereocenters. The Bertz CT molecular complexity index is 831. The number of thiophene rings is 1. The van der Waals surface area contributed by atoms with Gasteiger partial charge < -0.3 is 20.1 Å². The van der Waals surface area contributed by atoms with Gasteiger partial charge in [0.05, 0.1) is 14.2 Å². The molecule has 2 amide bonds. The van der Waals surface area contributed by atoms with Crippen LogP contribution in [-0.2, 0) is 4.79 Å². The summed E-state index contributed by atoms with van der Waals surface area (Å²) in [7, 11) is 3.03. The van der Waals surface area contributed by atoms with Crippen LogP contribution in [0.2, 0.25) is 0 Å². The molecule has 1 heterocycles. The van der Waals surface area contributed by atoms with Gasteiger partial charge in [0.25, 0.3) is 11.8 Å². The molecule has 0 saturated heterocycles. The standard InChI is InChI=1S/C21H26N2O4S/c1-5-7-14(2)22-21(25)17(13-16-8-6-11-28-16)23-20(24)15-9-10-18(26-3)19(12-15)27-4/h6,8-14H,5,7H2,1-4H3,(H,22,25)(H,23,24)/b17-13-/t14-/m1/s1. The number of ether oxygens (including phenoxy) is 2. The van der Waals surface area contributed by atoms with Crippen LogP contribution in [0, 0.1) is 0 Å². The number of methoxy groups -OCH3 is 2. The van der Waals surface area contributed by atoms with Crippen molar-refractivity contribution in [1.82, 2.24) is 10.6 Å². The number of rotatable bonds is 9. The monoisotopic (exact) mass is 402 g/mol. The van der Waals surface area contributed by atoms with Gasteiger partial charge in [-0.25, -0.2) is 0 Å². The topological polar surface area (TPSA) is 76.7 Å². The summed E-state index contributed by atoms with van der Waals surface area (Å²) in [5.41, 5.74) is 0.564. The van der Waals surface area contributed by atoms with Crippen molar-refractivity contribution in [3.63, 3.8) is 0 Å². The molecule has 0 spiro atoms. The van der Waals surface area contributed by atoms with E-state index in [1.54, 1.807) is 24.3 Å². The summed E-state index contributed by atoms with van der Waals surface area (Å²) in [4.78, 5) is 26.3. The van der Waals surface area contributed by atoms with Crippen molar-refractivity contribution >= 4 is 29.2 Å². The average molecular weight is 403 g/mol. The number of nitrogens with one attached hydrogen (secondary N) is 2. The van der Waals surface area contributed by atoms with E-state index in [1.807, 2.05) is 24.4 Å². The molecule has 0 saturated carbocycles. The Hall–Kier alpha value is -2.80. The van der Waals surface area contributed by atoms with E-state index >= 15 is 0 Å². The largest absolute Gasteiger partial charge is 0.493 e. The van der Waals surface area contributed by atoms with Gasteiger partial charge in [0.1, 0.15) is 5.70 Å². The molecule has 0 fully saturated rings. The Labute approximate surface area is 169 Å². The zero-order valence-electron chi connectivity index (χ0n) is 16.6. The lowest BCUT2D eigenvalue weighted by Crippen LogP contribution is -2.39. The van der Waals surface area contributed by atoms with E-state index in [2.05, 4.69) is 17.6 Å². The van der Waals surface area contributed by atoms with Crippen LogP contribution in [0.15, 0.2) is 41.4 Å². The molecule has 0 aliphatic rings. The van der Waals surface area contributed by atoms with E-state index in [4.69, 9.17) is 9.47 Å². The first-order valence-corrected chi connectivity index (χ1v) is 9.95. The normalized spacial score (nSPS) is 12.2. The van der Waals surface area contributed by atoms with E-state index in [9.17, 15) is 9.59 Å². The maximum absolute atomic E-state index is 12.7. The first kappa shape index (κ1) is 21.5.